The average molecular weight is 409 g/mol. The van der Waals surface area contributed by atoms with Crippen LogP contribution in [0.15, 0.2) is 0 Å². The van der Waals surface area contributed by atoms with E-state index in [9.17, 15) is 0 Å². The minimum Gasteiger partial charge on any atom is -0.594 e. The molecule has 0 aromatic carbocycles. The number of hydrogen-bond acceptors (Lipinski definition) is 5. The maximum Gasteiger partial charge on any atom is 0 e. The van der Waals surface area contributed by atoms with Crippen LogP contribution < -0.4 is 16.2 Å². The van der Waals surface area contributed by atoms with Crippen molar-refractivity contribution in [1.82, 2.24) is 26.2 Å². The van der Waals surface area contributed by atoms with Gasteiger partial charge < -0.3 is 26.2 Å². The van der Waals surface area contributed by atoms with E-state index in [2.05, 4.69) is 16.2 Å². The molecular formula is C5H12N5Y3-3. The monoisotopic (exact) mass is 409 g/mol. The van der Waals surface area contributed by atoms with Crippen LogP contribution in [0.3, 0.4) is 0 Å². The molecule has 3 N–H and O–H groups in total. The fourth-order valence-corrected chi connectivity index (χ4v) is 0.564. The normalized spacial score (nSPS) is 19.8. The summed E-state index contributed by atoms with van der Waals surface area (Å²) in [6, 6.07) is 0. The van der Waals surface area contributed by atoms with Gasteiger partial charge in [-0.1, -0.05) is 0 Å². The summed E-state index contributed by atoms with van der Waals surface area (Å²) in [7, 11) is 3.79. The van der Waals surface area contributed by atoms with Gasteiger partial charge in [-0.2, -0.15) is 6.67 Å². The third-order valence-corrected chi connectivity index (χ3v) is 1.07. The molecule has 8 heteroatoms. The van der Waals surface area contributed by atoms with Gasteiger partial charge in [-0.15, -0.1) is 0 Å². The molecule has 1 saturated heterocycles. The van der Waals surface area contributed by atoms with E-state index in [-0.39, 0.29) is 98.1 Å². The van der Waals surface area contributed by atoms with Gasteiger partial charge in [-0.3, -0.25) is 0 Å². The number of hydrogen-bond donors (Lipinski definition) is 3. The molecular weight excluding hydrogens is 397 g/mol. The smallest absolute Gasteiger partial charge is 0 e. The van der Waals surface area contributed by atoms with Crippen LogP contribution in [-0.2, 0) is 98.1 Å². The van der Waals surface area contributed by atoms with Crippen LogP contribution in [0.25, 0.3) is 0 Å². The molecule has 3 radical (unpaired) electrons. The summed E-state index contributed by atoms with van der Waals surface area (Å²) in [5.41, 5.74) is 5.86. The first-order valence-corrected chi connectivity index (χ1v) is 3.01. The molecule has 1 aliphatic heterocycles. The Balaban J connectivity index is -0.000000333. The van der Waals surface area contributed by atoms with E-state index in [1.54, 1.807) is 30.0 Å². The summed E-state index contributed by atoms with van der Waals surface area (Å²) in [6.07, 6.45) is 0. The van der Waals surface area contributed by atoms with E-state index in [0.29, 0.717) is 0 Å². The zero-order valence-corrected chi connectivity index (χ0v) is 16.4. The van der Waals surface area contributed by atoms with Gasteiger partial charge in [0, 0.05) is 98.1 Å². The maximum absolute atomic E-state index is 2.94. The van der Waals surface area contributed by atoms with Crippen LogP contribution in [0.1, 0.15) is 0 Å². The van der Waals surface area contributed by atoms with Gasteiger partial charge in [-0.25, -0.2) is 13.3 Å². The average Bonchev–Trinajstić information content (AvgIpc) is 1.84. The molecule has 0 amide bonds. The summed E-state index contributed by atoms with van der Waals surface area (Å²) < 4.78 is 0. The van der Waals surface area contributed by atoms with Gasteiger partial charge in [0.1, 0.15) is 0 Å². The zero-order valence-electron chi connectivity index (χ0n) is 7.86. The molecule has 0 unspecified atom stereocenters. The van der Waals surface area contributed by atoms with Gasteiger partial charge in [0.15, 0.2) is 0 Å². The van der Waals surface area contributed by atoms with E-state index in [0.717, 1.165) is 0 Å². The summed E-state index contributed by atoms with van der Waals surface area (Å²) in [5.74, 6) is 0. The van der Waals surface area contributed by atoms with Crippen molar-refractivity contribution in [1.29, 1.82) is 0 Å². The van der Waals surface area contributed by atoms with Crippen LogP contribution in [0.2, 0.25) is 0 Å². The molecule has 0 bridgehead atoms. The Morgan fingerprint density at radius 1 is 0.846 bits per heavy atom. The minimum absolute atomic E-state index is 0. The largest absolute Gasteiger partial charge is 0.594 e. The van der Waals surface area contributed by atoms with Gasteiger partial charge in [-0.05, 0) is 14.1 Å². The Bertz CT molecular complexity index is 86.2. The molecule has 0 aliphatic carbocycles. The Kier molecular flexibility index (Phi) is 21.7. The number of nitrogens with one attached hydrogen (secondary N) is 3. The Labute approximate surface area is 155 Å². The minimum atomic E-state index is 0. The van der Waals surface area contributed by atoms with Gasteiger partial charge >= 0.3 is 0 Å². The van der Waals surface area contributed by atoms with E-state index in [1.165, 1.54) is 0 Å². The standard InChI is InChI=1S/C5H12N5.3Y/c1-9-4-6-5-10(2)8-3-7-9;;;/h3-8H,1-2H3;;;/q-3;;;. The van der Waals surface area contributed by atoms with Crippen LogP contribution in [0, 0.1) is 20.0 Å². The number of hydrazine groups is 2. The summed E-state index contributed by atoms with van der Waals surface area (Å²) in [4.78, 5) is 0. The topological polar surface area (TPSA) is 42.6 Å². The second kappa shape index (κ2) is 13.2. The van der Waals surface area contributed by atoms with Gasteiger partial charge in [0.25, 0.3) is 0 Å². The molecule has 0 saturated carbocycles. The molecule has 1 aliphatic rings. The number of nitrogens with zero attached hydrogens (tertiary/aromatic N) is 2. The fourth-order valence-electron chi connectivity index (χ4n) is 0.564. The van der Waals surface area contributed by atoms with E-state index in [4.69, 9.17) is 0 Å². The molecule has 13 heavy (non-hydrogen) atoms. The van der Waals surface area contributed by atoms with Crippen molar-refractivity contribution in [2.45, 2.75) is 0 Å². The van der Waals surface area contributed by atoms with Crippen LogP contribution in [0.5, 0.6) is 0 Å². The zero-order chi connectivity index (χ0) is 7.40. The Morgan fingerprint density at radius 2 is 1.23 bits per heavy atom. The summed E-state index contributed by atoms with van der Waals surface area (Å²) in [5, 5.41) is 6.52. The van der Waals surface area contributed by atoms with Crippen molar-refractivity contribution in [3.05, 3.63) is 20.0 Å². The predicted octanol–water partition coefficient (Wildman–Crippen LogP) is -1.19. The first-order chi connectivity index (χ1) is 4.79. The van der Waals surface area contributed by atoms with Crippen molar-refractivity contribution >= 4 is 0 Å². The van der Waals surface area contributed by atoms with Gasteiger partial charge in [0.05, 0.1) is 0 Å². The Morgan fingerprint density at radius 3 is 1.62 bits per heavy atom. The molecule has 1 fully saturated rings. The third-order valence-electron chi connectivity index (χ3n) is 1.07. The number of rotatable bonds is 0. The van der Waals surface area contributed by atoms with Crippen molar-refractivity contribution < 1.29 is 98.1 Å². The quantitative estimate of drug-likeness (QED) is 0.440. The second-order valence-electron chi connectivity index (χ2n) is 2.05. The molecule has 5 nitrogen and oxygen atoms in total. The van der Waals surface area contributed by atoms with Crippen molar-refractivity contribution in [2.24, 2.45) is 0 Å². The van der Waals surface area contributed by atoms with Crippen LogP contribution >= 0.6 is 0 Å². The van der Waals surface area contributed by atoms with Crippen LogP contribution in [-0.4, -0.2) is 24.1 Å². The molecule has 0 aromatic rings. The third kappa shape index (κ3) is 11.4. The molecule has 1 heterocycles. The molecule has 0 spiro atoms. The molecule has 1 rings (SSSR count). The second-order valence-corrected chi connectivity index (χ2v) is 2.05. The first-order valence-electron chi connectivity index (χ1n) is 3.01. The van der Waals surface area contributed by atoms with Crippen molar-refractivity contribution in [3.8, 4) is 0 Å². The van der Waals surface area contributed by atoms with E-state index >= 15 is 0 Å². The first kappa shape index (κ1) is 21.4. The van der Waals surface area contributed by atoms with Crippen molar-refractivity contribution in [2.75, 3.05) is 14.1 Å². The van der Waals surface area contributed by atoms with Crippen molar-refractivity contribution in [3.63, 3.8) is 0 Å². The van der Waals surface area contributed by atoms with Crippen LogP contribution in [0.4, 0.5) is 0 Å². The fraction of sp³-hybridized carbons (Fsp3) is 0.400. The predicted molar refractivity (Wildman–Crippen MR) is 37.8 cm³/mol. The SMILES string of the molecule is CN1[CH-]N[CH-]N(C)N[CH-]N1.[Y].[Y].[Y]. The van der Waals surface area contributed by atoms with Gasteiger partial charge in [0.2, 0.25) is 0 Å². The molecule has 69 valence electrons. The van der Waals surface area contributed by atoms with E-state index in [1.807, 2.05) is 14.1 Å². The summed E-state index contributed by atoms with van der Waals surface area (Å²) in [6.45, 7) is 5.33. The summed E-state index contributed by atoms with van der Waals surface area (Å²) >= 11 is 0. The Hall–Kier alpha value is 3.11. The molecule has 0 atom stereocenters. The molecule has 0 aromatic heterocycles. The van der Waals surface area contributed by atoms with E-state index < -0.39 is 0 Å². The maximum atomic E-state index is 2.94.